The average molecular weight is 259 g/mol. The van der Waals surface area contributed by atoms with Crippen molar-refractivity contribution in [3.05, 3.63) is 37.3 Å². The molecule has 2 aromatic rings. The van der Waals surface area contributed by atoms with Crippen molar-refractivity contribution in [1.29, 1.82) is 0 Å². The molecular weight excluding hydrogens is 256 g/mol. The molecule has 0 aliphatic rings. The van der Waals surface area contributed by atoms with Gasteiger partial charge in [-0.2, -0.15) is 0 Å². The van der Waals surface area contributed by atoms with Crippen LogP contribution in [-0.2, 0) is 0 Å². The van der Waals surface area contributed by atoms with Gasteiger partial charge in [0, 0.05) is 10.5 Å². The van der Waals surface area contributed by atoms with Gasteiger partial charge in [0.15, 0.2) is 0 Å². The molecule has 0 fully saturated rings. The fourth-order valence-corrected chi connectivity index (χ4v) is 1.59. The lowest BCUT2D eigenvalue weighted by Crippen LogP contribution is -1.92. The van der Waals surface area contributed by atoms with E-state index in [0.29, 0.717) is 9.99 Å². The molecule has 0 bridgehead atoms. The van der Waals surface area contributed by atoms with Gasteiger partial charge in [0.2, 0.25) is 5.58 Å². The van der Waals surface area contributed by atoms with E-state index in [-0.39, 0.29) is 11.3 Å². The van der Waals surface area contributed by atoms with Crippen LogP contribution in [0.5, 0.6) is 0 Å². The molecule has 0 aliphatic heterocycles. The highest BCUT2D eigenvalue weighted by atomic mass is 79.9. The van der Waals surface area contributed by atoms with Crippen LogP contribution in [0.4, 0.5) is 5.69 Å². The molecule has 0 unspecified atom stereocenters. The van der Waals surface area contributed by atoms with Gasteiger partial charge in [-0.3, -0.25) is 15.1 Å². The van der Waals surface area contributed by atoms with Crippen molar-refractivity contribution in [1.82, 2.24) is 4.98 Å². The molecule has 1 aromatic carbocycles. The summed E-state index contributed by atoms with van der Waals surface area (Å²) in [6.45, 7) is 0. The molecule has 0 spiro atoms. The van der Waals surface area contributed by atoms with Crippen molar-refractivity contribution in [3.8, 4) is 0 Å². The van der Waals surface area contributed by atoms with Gasteiger partial charge in [0.25, 0.3) is 0 Å². The highest BCUT2D eigenvalue weighted by Crippen LogP contribution is 2.27. The van der Waals surface area contributed by atoms with Gasteiger partial charge < -0.3 is 4.42 Å². The Morgan fingerprint density at radius 1 is 1.50 bits per heavy atom. The first kappa shape index (κ1) is 8.95. The number of aromatic amines is 1. The maximum Gasteiger partial charge on any atom is 0.417 e. The van der Waals surface area contributed by atoms with Crippen molar-refractivity contribution >= 4 is 32.7 Å². The molecule has 72 valence electrons. The first-order valence-electron chi connectivity index (χ1n) is 3.54. The summed E-state index contributed by atoms with van der Waals surface area (Å²) in [5.74, 6) is -0.707. The summed E-state index contributed by atoms with van der Waals surface area (Å²) in [5.41, 5.74) is 0.0204. The Balaban J connectivity index is 2.92. The number of nitrogens with zero attached hydrogens (tertiary/aromatic N) is 1. The second kappa shape index (κ2) is 2.95. The molecule has 0 amide bonds. The predicted molar refractivity (Wildman–Crippen MR) is 51.2 cm³/mol. The summed E-state index contributed by atoms with van der Waals surface area (Å²) in [4.78, 5) is 23.1. The maximum atomic E-state index is 10.8. The third kappa shape index (κ3) is 1.31. The van der Waals surface area contributed by atoms with Crippen molar-refractivity contribution in [2.75, 3.05) is 0 Å². The number of fused-ring (bicyclic) bond motifs is 1. The van der Waals surface area contributed by atoms with Crippen LogP contribution in [0, 0.1) is 10.1 Å². The maximum absolute atomic E-state index is 10.8. The Bertz CT molecular complexity index is 571. The third-order valence-electron chi connectivity index (χ3n) is 1.66. The predicted octanol–water partition coefficient (Wildman–Crippen LogP) is 1.79. The van der Waals surface area contributed by atoms with Crippen LogP contribution in [-0.4, -0.2) is 9.91 Å². The lowest BCUT2D eigenvalue weighted by molar-refractivity contribution is -0.383. The fraction of sp³-hybridized carbons (Fsp3) is 0. The molecule has 7 heteroatoms. The number of aromatic nitrogens is 1. The highest BCUT2D eigenvalue weighted by Gasteiger charge is 2.17. The molecule has 1 aromatic heterocycles. The molecule has 0 atom stereocenters. The summed E-state index contributed by atoms with van der Waals surface area (Å²) in [6, 6.07) is 2.81. The summed E-state index contributed by atoms with van der Waals surface area (Å²) in [7, 11) is 0. The summed E-state index contributed by atoms with van der Waals surface area (Å²) < 4.78 is 5.15. The lowest BCUT2D eigenvalue weighted by atomic mass is 10.3. The summed E-state index contributed by atoms with van der Waals surface area (Å²) in [6.07, 6.45) is 0. The molecule has 0 radical (unpaired) electrons. The van der Waals surface area contributed by atoms with Crippen LogP contribution in [0.2, 0.25) is 0 Å². The lowest BCUT2D eigenvalue weighted by Gasteiger charge is -1.92. The number of H-pyrrole nitrogens is 1. The number of rotatable bonds is 1. The number of benzene rings is 1. The smallest absolute Gasteiger partial charge is 0.400 e. The van der Waals surface area contributed by atoms with E-state index in [0.717, 1.165) is 0 Å². The number of nitro groups is 1. The van der Waals surface area contributed by atoms with Crippen LogP contribution in [0.1, 0.15) is 0 Å². The minimum absolute atomic E-state index is 0.0387. The van der Waals surface area contributed by atoms with E-state index in [4.69, 9.17) is 0 Å². The highest BCUT2D eigenvalue weighted by molar-refractivity contribution is 9.10. The van der Waals surface area contributed by atoms with E-state index in [1.807, 2.05) is 0 Å². The van der Waals surface area contributed by atoms with Crippen LogP contribution in [0.25, 0.3) is 11.1 Å². The van der Waals surface area contributed by atoms with Crippen molar-refractivity contribution < 1.29 is 9.34 Å². The Morgan fingerprint density at radius 3 is 2.86 bits per heavy atom. The van der Waals surface area contributed by atoms with Crippen LogP contribution < -0.4 is 5.76 Å². The number of nitro benzene ring substituents is 1. The minimum Gasteiger partial charge on any atom is -0.400 e. The number of halogens is 1. The van der Waals surface area contributed by atoms with Gasteiger partial charge in [0.05, 0.1) is 10.4 Å². The normalized spacial score (nSPS) is 10.6. The van der Waals surface area contributed by atoms with E-state index in [2.05, 4.69) is 25.3 Å². The van der Waals surface area contributed by atoms with Gasteiger partial charge in [-0.1, -0.05) is 15.9 Å². The van der Waals surface area contributed by atoms with Crippen LogP contribution in [0.15, 0.2) is 25.8 Å². The SMILES string of the molecule is O=c1[nH]c2cc(Br)cc([N+](=O)[O-])c2o1. The topological polar surface area (TPSA) is 89.1 Å². The van der Waals surface area contributed by atoms with E-state index in [1.165, 1.54) is 12.1 Å². The molecule has 0 saturated carbocycles. The average Bonchev–Trinajstić information content (AvgIpc) is 2.42. The molecule has 1 N–H and O–H groups in total. The fourth-order valence-electron chi connectivity index (χ4n) is 1.14. The van der Waals surface area contributed by atoms with Crippen LogP contribution in [0.3, 0.4) is 0 Å². The number of hydrogen-bond acceptors (Lipinski definition) is 4. The van der Waals surface area contributed by atoms with Gasteiger partial charge in [-0.05, 0) is 6.07 Å². The molecule has 0 aliphatic carbocycles. The monoisotopic (exact) mass is 258 g/mol. The summed E-state index contributed by atoms with van der Waals surface area (Å²) >= 11 is 3.09. The van der Waals surface area contributed by atoms with E-state index < -0.39 is 10.7 Å². The number of oxazole rings is 1. The second-order valence-electron chi connectivity index (χ2n) is 2.57. The second-order valence-corrected chi connectivity index (χ2v) is 3.49. The number of non-ortho nitro benzene ring substituents is 1. The number of hydrogen-bond donors (Lipinski definition) is 1. The van der Waals surface area contributed by atoms with Crippen molar-refractivity contribution in [3.63, 3.8) is 0 Å². The van der Waals surface area contributed by atoms with Gasteiger partial charge in [0.1, 0.15) is 0 Å². The zero-order valence-corrected chi connectivity index (χ0v) is 8.20. The molecule has 6 nitrogen and oxygen atoms in total. The molecule has 1 heterocycles. The zero-order valence-electron chi connectivity index (χ0n) is 6.61. The van der Waals surface area contributed by atoms with Gasteiger partial charge in [-0.25, -0.2) is 4.79 Å². The van der Waals surface area contributed by atoms with Crippen LogP contribution >= 0.6 is 15.9 Å². The Hall–Kier alpha value is -1.63. The number of nitrogens with one attached hydrogen (secondary N) is 1. The zero-order chi connectivity index (χ0) is 10.3. The molecule has 14 heavy (non-hydrogen) atoms. The standard InChI is InChI=1S/C7H3BrN2O4/c8-3-1-4-6(14-7(11)9-4)5(2-3)10(12)13/h1-2H,(H,9,11). The van der Waals surface area contributed by atoms with E-state index in [1.54, 1.807) is 0 Å². The Morgan fingerprint density at radius 2 is 2.21 bits per heavy atom. The van der Waals surface area contributed by atoms with Gasteiger partial charge in [-0.15, -0.1) is 0 Å². The first-order valence-corrected chi connectivity index (χ1v) is 4.34. The Kier molecular flexibility index (Phi) is 1.88. The van der Waals surface area contributed by atoms with Crippen molar-refractivity contribution in [2.45, 2.75) is 0 Å². The minimum atomic E-state index is -0.707. The van der Waals surface area contributed by atoms with Gasteiger partial charge >= 0.3 is 11.4 Å². The largest absolute Gasteiger partial charge is 0.417 e. The molecule has 0 saturated heterocycles. The van der Waals surface area contributed by atoms with E-state index in [9.17, 15) is 14.9 Å². The van der Waals surface area contributed by atoms with E-state index >= 15 is 0 Å². The Labute approximate surface area is 84.8 Å². The molecular formula is C7H3BrN2O4. The third-order valence-corrected chi connectivity index (χ3v) is 2.12. The molecule has 2 rings (SSSR count). The summed E-state index contributed by atoms with van der Waals surface area (Å²) in [5, 5.41) is 10.6. The van der Waals surface area contributed by atoms with Crippen molar-refractivity contribution in [2.24, 2.45) is 0 Å². The quantitative estimate of drug-likeness (QED) is 0.624. The first-order chi connectivity index (χ1) is 6.58.